The Hall–Kier alpha value is -2.61. The molecule has 26 heavy (non-hydrogen) atoms. The number of hydrogen-bond donors (Lipinski definition) is 2. The Labute approximate surface area is 152 Å². The first-order chi connectivity index (χ1) is 12.7. The van der Waals surface area contributed by atoms with E-state index in [4.69, 9.17) is 4.74 Å². The van der Waals surface area contributed by atoms with Gasteiger partial charge in [0.05, 0.1) is 31.1 Å². The van der Waals surface area contributed by atoms with Crippen LogP contribution < -0.4 is 15.5 Å². The molecular formula is C18H25FN6O. The average molecular weight is 360 g/mol. The van der Waals surface area contributed by atoms with Crippen LogP contribution in [-0.2, 0) is 24.9 Å². The number of rotatable bonds is 5. The number of nitrogens with one attached hydrogen (secondary N) is 2. The van der Waals surface area contributed by atoms with Crippen LogP contribution in [0.1, 0.15) is 11.3 Å². The normalized spacial score (nSPS) is 15.2. The van der Waals surface area contributed by atoms with Gasteiger partial charge in [0.15, 0.2) is 5.96 Å². The molecule has 0 saturated carbocycles. The zero-order chi connectivity index (χ0) is 18.4. The summed E-state index contributed by atoms with van der Waals surface area (Å²) in [5.41, 5.74) is 2.55. The summed E-state index contributed by atoms with van der Waals surface area (Å²) in [6.45, 7) is 3.83. The number of guanidine groups is 1. The van der Waals surface area contributed by atoms with Gasteiger partial charge in [-0.25, -0.2) is 4.39 Å². The van der Waals surface area contributed by atoms with Gasteiger partial charge < -0.3 is 20.3 Å². The van der Waals surface area contributed by atoms with Crippen LogP contribution in [0.25, 0.3) is 0 Å². The van der Waals surface area contributed by atoms with Gasteiger partial charge in [0.25, 0.3) is 0 Å². The molecule has 0 atom stereocenters. The molecule has 1 saturated heterocycles. The second-order valence-corrected chi connectivity index (χ2v) is 6.11. The maximum Gasteiger partial charge on any atom is 0.191 e. The Morgan fingerprint density at radius 1 is 1.23 bits per heavy atom. The highest BCUT2D eigenvalue weighted by Crippen LogP contribution is 2.21. The highest BCUT2D eigenvalue weighted by atomic mass is 19.1. The molecule has 0 radical (unpaired) electrons. The highest BCUT2D eigenvalue weighted by molar-refractivity contribution is 5.79. The number of ether oxygens (including phenoxy) is 1. The summed E-state index contributed by atoms with van der Waals surface area (Å²) in [6.07, 6.45) is 1.76. The van der Waals surface area contributed by atoms with Crippen molar-refractivity contribution in [2.45, 2.75) is 13.1 Å². The summed E-state index contributed by atoms with van der Waals surface area (Å²) in [6, 6.07) is 7.30. The highest BCUT2D eigenvalue weighted by Gasteiger charge is 2.15. The van der Waals surface area contributed by atoms with Gasteiger partial charge >= 0.3 is 0 Å². The lowest BCUT2D eigenvalue weighted by Gasteiger charge is -2.29. The molecule has 0 aliphatic carbocycles. The first kappa shape index (κ1) is 18.2. The predicted octanol–water partition coefficient (Wildman–Crippen LogP) is 1.26. The number of aliphatic imine (C=N–C) groups is 1. The van der Waals surface area contributed by atoms with E-state index < -0.39 is 0 Å². The maximum atomic E-state index is 14.5. The molecule has 1 aromatic carbocycles. The first-order valence-corrected chi connectivity index (χ1v) is 8.70. The fourth-order valence-electron chi connectivity index (χ4n) is 2.88. The molecule has 0 bridgehead atoms. The maximum absolute atomic E-state index is 14.5. The molecule has 1 aliphatic rings. The zero-order valence-electron chi connectivity index (χ0n) is 15.2. The van der Waals surface area contributed by atoms with Crippen molar-refractivity contribution in [1.82, 2.24) is 20.4 Å². The van der Waals surface area contributed by atoms with Gasteiger partial charge in [-0.3, -0.25) is 9.67 Å². The van der Waals surface area contributed by atoms with E-state index in [1.807, 2.05) is 30.1 Å². The fraction of sp³-hybridized carbons (Fsp3) is 0.444. The molecule has 0 amide bonds. The predicted molar refractivity (Wildman–Crippen MR) is 99.7 cm³/mol. The molecule has 3 rings (SSSR count). The standard InChI is InChI=1S/C18H25FN6O/c1-20-18(22-13-15-5-6-23-24(15)2)21-12-14-3-4-17(16(19)11-14)25-7-9-26-10-8-25/h3-6,11H,7-10,12-13H2,1-2H3,(H2,20,21,22). The molecular weight excluding hydrogens is 335 g/mol. The van der Waals surface area contributed by atoms with E-state index in [0.717, 1.165) is 24.3 Å². The second-order valence-electron chi connectivity index (χ2n) is 6.11. The van der Waals surface area contributed by atoms with Crippen molar-refractivity contribution in [3.63, 3.8) is 0 Å². The molecule has 2 aromatic rings. The Bertz CT molecular complexity index is 754. The molecule has 0 spiro atoms. The molecule has 1 fully saturated rings. The van der Waals surface area contributed by atoms with Gasteiger partial charge in [0, 0.05) is 39.9 Å². The van der Waals surface area contributed by atoms with Crippen LogP contribution in [0, 0.1) is 5.82 Å². The van der Waals surface area contributed by atoms with E-state index >= 15 is 0 Å². The number of aromatic nitrogens is 2. The van der Waals surface area contributed by atoms with Gasteiger partial charge in [0.2, 0.25) is 0 Å². The van der Waals surface area contributed by atoms with E-state index in [1.54, 1.807) is 24.0 Å². The molecule has 7 nitrogen and oxygen atoms in total. The van der Waals surface area contributed by atoms with Crippen LogP contribution in [0.5, 0.6) is 0 Å². The Kier molecular flexibility index (Phi) is 6.06. The third kappa shape index (κ3) is 4.51. The Morgan fingerprint density at radius 3 is 2.65 bits per heavy atom. The van der Waals surface area contributed by atoms with Crippen LogP contribution in [0.3, 0.4) is 0 Å². The number of hydrogen-bond acceptors (Lipinski definition) is 4. The molecule has 2 heterocycles. The largest absolute Gasteiger partial charge is 0.378 e. The lowest BCUT2D eigenvalue weighted by atomic mass is 10.1. The topological polar surface area (TPSA) is 66.7 Å². The molecule has 140 valence electrons. The van der Waals surface area contributed by atoms with Crippen molar-refractivity contribution >= 4 is 11.6 Å². The number of morpholine rings is 1. The number of benzene rings is 1. The number of anilines is 1. The van der Waals surface area contributed by atoms with Crippen molar-refractivity contribution in [2.24, 2.45) is 12.0 Å². The van der Waals surface area contributed by atoms with Crippen molar-refractivity contribution < 1.29 is 9.13 Å². The van der Waals surface area contributed by atoms with E-state index in [1.165, 1.54) is 0 Å². The minimum atomic E-state index is -0.205. The van der Waals surface area contributed by atoms with Crippen LogP contribution in [0.4, 0.5) is 10.1 Å². The summed E-state index contributed by atoms with van der Waals surface area (Å²) in [7, 11) is 3.60. The molecule has 0 unspecified atom stereocenters. The van der Waals surface area contributed by atoms with Crippen molar-refractivity contribution in [3.8, 4) is 0 Å². The lowest BCUT2D eigenvalue weighted by molar-refractivity contribution is 0.122. The minimum Gasteiger partial charge on any atom is -0.378 e. The number of nitrogens with zero attached hydrogens (tertiary/aromatic N) is 4. The van der Waals surface area contributed by atoms with E-state index in [2.05, 4.69) is 20.7 Å². The van der Waals surface area contributed by atoms with E-state index in [9.17, 15) is 4.39 Å². The average Bonchev–Trinajstić information content (AvgIpc) is 3.07. The molecule has 1 aromatic heterocycles. The summed E-state index contributed by atoms with van der Waals surface area (Å²) >= 11 is 0. The van der Waals surface area contributed by atoms with E-state index in [0.29, 0.717) is 38.0 Å². The third-order valence-electron chi connectivity index (χ3n) is 4.41. The van der Waals surface area contributed by atoms with Crippen molar-refractivity contribution in [3.05, 3.63) is 47.5 Å². The fourth-order valence-corrected chi connectivity index (χ4v) is 2.88. The lowest BCUT2D eigenvalue weighted by Crippen LogP contribution is -2.37. The first-order valence-electron chi connectivity index (χ1n) is 8.70. The summed E-state index contributed by atoms with van der Waals surface area (Å²) < 4.78 is 21.6. The van der Waals surface area contributed by atoms with Crippen molar-refractivity contribution in [1.29, 1.82) is 0 Å². The van der Waals surface area contributed by atoms with Gasteiger partial charge in [-0.15, -0.1) is 0 Å². The SMILES string of the molecule is CN=C(NCc1ccc(N2CCOCC2)c(F)c1)NCc1ccnn1C. The molecule has 1 aliphatic heterocycles. The van der Waals surface area contributed by atoms with Gasteiger partial charge in [0.1, 0.15) is 5.82 Å². The third-order valence-corrected chi connectivity index (χ3v) is 4.41. The Balaban J connectivity index is 1.54. The number of halogens is 1. The van der Waals surface area contributed by atoms with E-state index in [-0.39, 0.29) is 5.82 Å². The molecule has 2 N–H and O–H groups in total. The van der Waals surface area contributed by atoms with Gasteiger partial charge in [-0.2, -0.15) is 5.10 Å². The van der Waals surface area contributed by atoms with Crippen LogP contribution in [0.2, 0.25) is 0 Å². The molecule has 8 heteroatoms. The van der Waals surface area contributed by atoms with Gasteiger partial charge in [-0.05, 0) is 23.8 Å². The summed E-state index contributed by atoms with van der Waals surface area (Å²) in [5, 5.41) is 10.6. The smallest absolute Gasteiger partial charge is 0.191 e. The second kappa shape index (κ2) is 8.66. The van der Waals surface area contributed by atoms with Gasteiger partial charge in [-0.1, -0.05) is 6.07 Å². The quantitative estimate of drug-likeness (QED) is 0.621. The Morgan fingerprint density at radius 2 is 2.00 bits per heavy atom. The zero-order valence-corrected chi connectivity index (χ0v) is 15.2. The minimum absolute atomic E-state index is 0.205. The van der Waals surface area contributed by atoms with Crippen LogP contribution in [0.15, 0.2) is 35.5 Å². The van der Waals surface area contributed by atoms with Crippen LogP contribution >= 0.6 is 0 Å². The summed E-state index contributed by atoms with van der Waals surface area (Å²) in [5.74, 6) is 0.452. The van der Waals surface area contributed by atoms with Crippen LogP contribution in [-0.4, -0.2) is 49.1 Å². The van der Waals surface area contributed by atoms with Crippen molar-refractivity contribution in [2.75, 3.05) is 38.3 Å². The summed E-state index contributed by atoms with van der Waals surface area (Å²) in [4.78, 5) is 6.21. The number of aryl methyl sites for hydroxylation is 1. The monoisotopic (exact) mass is 360 g/mol.